The van der Waals surface area contributed by atoms with Crippen molar-refractivity contribution in [1.29, 1.82) is 0 Å². The summed E-state index contributed by atoms with van der Waals surface area (Å²) in [5.74, 6) is -0.477. The summed E-state index contributed by atoms with van der Waals surface area (Å²) in [4.78, 5) is 26.0. The number of hydrogen-bond donors (Lipinski definition) is 2. The van der Waals surface area contributed by atoms with Crippen molar-refractivity contribution < 1.29 is 32.4 Å². The number of amides is 1. The van der Waals surface area contributed by atoms with Crippen molar-refractivity contribution in [1.82, 2.24) is 4.98 Å². The molecular weight excluding hydrogens is 397 g/mol. The fourth-order valence-electron chi connectivity index (χ4n) is 2.08. The maximum absolute atomic E-state index is 12.4. The lowest BCUT2D eigenvalue weighted by Crippen LogP contribution is -2.27. The van der Waals surface area contributed by atoms with Gasteiger partial charge >= 0.3 is 12.5 Å². The molecule has 2 N–H and O–H groups in total. The first kappa shape index (κ1) is 21.7. The number of rotatable bonds is 5. The van der Waals surface area contributed by atoms with Crippen LogP contribution in [0.15, 0.2) is 36.5 Å². The Morgan fingerprint density at radius 3 is 2.38 bits per heavy atom. The minimum atomic E-state index is -4.94. The first-order chi connectivity index (χ1) is 13.3. The van der Waals surface area contributed by atoms with Crippen molar-refractivity contribution in [3.63, 3.8) is 0 Å². The van der Waals surface area contributed by atoms with Gasteiger partial charge in [-0.1, -0.05) is 0 Å². The summed E-state index contributed by atoms with van der Waals surface area (Å²) in [6, 6.07) is 5.37. The minimum absolute atomic E-state index is 0.147. The highest BCUT2D eigenvalue weighted by Gasteiger charge is 2.31. The Bertz CT molecular complexity index is 895. The first-order valence-electron chi connectivity index (χ1n) is 8.10. The van der Waals surface area contributed by atoms with Gasteiger partial charge in [0.25, 0.3) is 5.69 Å². The molecule has 0 aliphatic carbocycles. The second kappa shape index (κ2) is 8.20. The second-order valence-corrected chi connectivity index (χ2v) is 6.67. The summed E-state index contributed by atoms with van der Waals surface area (Å²) in [5, 5.41) is 16.1. The Balaban J connectivity index is 2.17. The molecule has 12 heteroatoms. The van der Waals surface area contributed by atoms with Gasteiger partial charge in [-0.05, 0) is 39.0 Å². The Labute approximate surface area is 163 Å². The van der Waals surface area contributed by atoms with Crippen LogP contribution in [0.5, 0.6) is 5.75 Å². The van der Waals surface area contributed by atoms with Gasteiger partial charge in [0.05, 0.1) is 16.8 Å². The molecular formula is C17H17F3N4O5. The van der Waals surface area contributed by atoms with E-state index in [9.17, 15) is 28.1 Å². The van der Waals surface area contributed by atoms with Gasteiger partial charge in [0, 0.05) is 12.1 Å². The Morgan fingerprint density at radius 1 is 1.17 bits per heavy atom. The molecule has 2 aromatic rings. The lowest BCUT2D eigenvalue weighted by molar-refractivity contribution is -0.384. The van der Waals surface area contributed by atoms with Gasteiger partial charge in [0.2, 0.25) is 0 Å². The van der Waals surface area contributed by atoms with E-state index >= 15 is 0 Å². The number of halogens is 3. The smallest absolute Gasteiger partial charge is 0.444 e. The van der Waals surface area contributed by atoms with E-state index in [-0.39, 0.29) is 17.2 Å². The summed E-state index contributed by atoms with van der Waals surface area (Å²) >= 11 is 0. The molecule has 0 unspecified atom stereocenters. The van der Waals surface area contributed by atoms with Crippen LogP contribution in [0.1, 0.15) is 20.8 Å². The fraction of sp³-hybridized carbons (Fsp3) is 0.294. The molecule has 1 aromatic carbocycles. The zero-order chi connectivity index (χ0) is 21.8. The highest BCUT2D eigenvalue weighted by Crippen LogP contribution is 2.33. The monoisotopic (exact) mass is 414 g/mol. The summed E-state index contributed by atoms with van der Waals surface area (Å²) in [6.07, 6.45) is -4.43. The summed E-state index contributed by atoms with van der Waals surface area (Å²) in [7, 11) is 0. The van der Waals surface area contributed by atoms with Gasteiger partial charge in [0.15, 0.2) is 0 Å². The van der Waals surface area contributed by atoms with Crippen molar-refractivity contribution >= 4 is 29.0 Å². The van der Waals surface area contributed by atoms with E-state index in [4.69, 9.17) is 4.74 Å². The topological polar surface area (TPSA) is 116 Å². The van der Waals surface area contributed by atoms with Crippen LogP contribution in [-0.4, -0.2) is 28.0 Å². The number of pyridine rings is 1. The number of anilines is 3. The number of carbonyl (C=O) groups excluding carboxylic acids is 1. The number of alkyl halides is 3. The van der Waals surface area contributed by atoms with Gasteiger partial charge in [0.1, 0.15) is 22.9 Å². The van der Waals surface area contributed by atoms with Crippen molar-refractivity contribution in [2.75, 3.05) is 10.6 Å². The summed E-state index contributed by atoms with van der Waals surface area (Å²) in [6.45, 7) is 5.07. The largest absolute Gasteiger partial charge is 0.573 e. The van der Waals surface area contributed by atoms with Crippen LogP contribution in [0.4, 0.5) is 40.8 Å². The Hall–Kier alpha value is -3.57. The summed E-state index contributed by atoms with van der Waals surface area (Å²) in [5.41, 5.74) is -1.16. The molecule has 1 heterocycles. The number of ether oxygens (including phenoxy) is 2. The maximum atomic E-state index is 12.4. The molecule has 1 aromatic heterocycles. The van der Waals surface area contributed by atoms with Crippen molar-refractivity contribution in [3.05, 3.63) is 46.6 Å². The van der Waals surface area contributed by atoms with Crippen LogP contribution in [-0.2, 0) is 4.74 Å². The molecule has 9 nitrogen and oxygen atoms in total. The highest BCUT2D eigenvalue weighted by molar-refractivity contribution is 5.84. The molecule has 0 atom stereocenters. The van der Waals surface area contributed by atoms with Gasteiger partial charge in [-0.15, -0.1) is 13.2 Å². The predicted octanol–water partition coefficient (Wildman–Crippen LogP) is 4.98. The van der Waals surface area contributed by atoms with Gasteiger partial charge < -0.3 is 14.8 Å². The van der Waals surface area contributed by atoms with E-state index in [1.54, 1.807) is 20.8 Å². The van der Waals surface area contributed by atoms with Crippen molar-refractivity contribution in [3.8, 4) is 5.75 Å². The number of aromatic nitrogens is 1. The average molecular weight is 414 g/mol. The number of benzene rings is 1. The lowest BCUT2D eigenvalue weighted by Gasteiger charge is -2.19. The van der Waals surface area contributed by atoms with Crippen LogP contribution >= 0.6 is 0 Å². The molecule has 0 saturated heterocycles. The molecule has 0 fully saturated rings. The minimum Gasteiger partial charge on any atom is -0.444 e. The van der Waals surface area contributed by atoms with Gasteiger partial charge in [-0.2, -0.15) is 0 Å². The van der Waals surface area contributed by atoms with Crippen LogP contribution in [0.25, 0.3) is 0 Å². The molecule has 0 aliphatic rings. The van der Waals surface area contributed by atoms with Crippen molar-refractivity contribution in [2.24, 2.45) is 0 Å². The Morgan fingerprint density at radius 2 is 1.86 bits per heavy atom. The van der Waals surface area contributed by atoms with E-state index in [0.29, 0.717) is 0 Å². The number of nitro groups is 1. The quantitative estimate of drug-likeness (QED) is 0.524. The number of hydrogen-bond acceptors (Lipinski definition) is 7. The molecule has 156 valence electrons. The third kappa shape index (κ3) is 7.16. The van der Waals surface area contributed by atoms with Gasteiger partial charge in [-0.25, -0.2) is 9.78 Å². The third-order valence-corrected chi connectivity index (χ3v) is 3.07. The molecule has 0 aliphatic heterocycles. The molecule has 0 saturated carbocycles. The van der Waals surface area contributed by atoms with E-state index in [1.807, 2.05) is 0 Å². The second-order valence-electron chi connectivity index (χ2n) is 6.67. The SMILES string of the molecule is CC(C)(C)OC(=O)Nc1ccc(Nc2cc(OC(F)(F)F)ccc2[N+](=O)[O-])cn1. The third-order valence-electron chi connectivity index (χ3n) is 3.07. The van der Waals surface area contributed by atoms with Crippen LogP contribution in [0.2, 0.25) is 0 Å². The van der Waals surface area contributed by atoms with Gasteiger partial charge in [-0.3, -0.25) is 15.4 Å². The molecule has 0 bridgehead atoms. The van der Waals surface area contributed by atoms with E-state index in [0.717, 1.165) is 18.2 Å². The molecule has 2 rings (SSSR count). The first-order valence-corrected chi connectivity index (χ1v) is 8.10. The zero-order valence-electron chi connectivity index (χ0n) is 15.5. The van der Waals surface area contributed by atoms with Crippen LogP contribution < -0.4 is 15.4 Å². The number of nitrogens with zero attached hydrogens (tertiary/aromatic N) is 2. The maximum Gasteiger partial charge on any atom is 0.573 e. The van der Waals surface area contributed by atoms with Crippen LogP contribution in [0, 0.1) is 10.1 Å². The number of nitrogens with one attached hydrogen (secondary N) is 2. The molecule has 1 amide bonds. The van der Waals surface area contributed by atoms with E-state index < -0.39 is 34.4 Å². The number of carbonyl (C=O) groups is 1. The molecule has 0 radical (unpaired) electrons. The van der Waals surface area contributed by atoms with E-state index in [1.165, 1.54) is 18.3 Å². The van der Waals surface area contributed by atoms with E-state index in [2.05, 4.69) is 20.4 Å². The Kier molecular flexibility index (Phi) is 6.15. The summed E-state index contributed by atoms with van der Waals surface area (Å²) < 4.78 is 46.0. The lowest BCUT2D eigenvalue weighted by atomic mass is 10.2. The number of nitro benzene ring substituents is 1. The molecule has 29 heavy (non-hydrogen) atoms. The average Bonchev–Trinajstić information content (AvgIpc) is 2.53. The highest BCUT2D eigenvalue weighted by atomic mass is 19.4. The van der Waals surface area contributed by atoms with Crippen molar-refractivity contribution in [2.45, 2.75) is 32.7 Å². The zero-order valence-corrected chi connectivity index (χ0v) is 15.5. The normalized spacial score (nSPS) is 11.5. The molecule has 0 spiro atoms. The fourth-order valence-corrected chi connectivity index (χ4v) is 2.08. The standard InChI is InChI=1S/C17H17F3N4O5/c1-16(2,3)29-15(25)23-14-7-4-10(9-21-14)22-12-8-11(28-17(18,19)20)5-6-13(12)24(26)27/h4-9,22H,1-3H3,(H,21,23,25). The van der Waals surface area contributed by atoms with Crippen LogP contribution in [0.3, 0.4) is 0 Å². The predicted molar refractivity (Wildman–Crippen MR) is 97.2 cm³/mol.